The van der Waals surface area contributed by atoms with E-state index in [0.717, 1.165) is 0 Å². The fraction of sp³-hybridized carbons (Fsp3) is 0.875. The van der Waals surface area contributed by atoms with Crippen LogP contribution in [0.1, 0.15) is 25.7 Å². The fourth-order valence-electron chi connectivity index (χ4n) is 1.70. The van der Waals surface area contributed by atoms with E-state index in [9.17, 15) is 13.6 Å². The van der Waals surface area contributed by atoms with Crippen molar-refractivity contribution in [2.45, 2.75) is 37.6 Å². The van der Waals surface area contributed by atoms with Gasteiger partial charge in [-0.1, -0.05) is 0 Å². The van der Waals surface area contributed by atoms with E-state index in [1.807, 2.05) is 0 Å². The standard InChI is InChI=1S/C8H13F2NO2/c9-8(10)3-1-2-5(8)4-6(11)7(12)13/h5-6H,1-4,11H2,(H,12,13)/t5?,6-/m1/s1. The van der Waals surface area contributed by atoms with E-state index in [-0.39, 0.29) is 12.8 Å². The van der Waals surface area contributed by atoms with Crippen LogP contribution in [0, 0.1) is 5.92 Å². The number of halogens is 2. The van der Waals surface area contributed by atoms with Crippen molar-refractivity contribution in [3.63, 3.8) is 0 Å². The second-order valence-electron chi connectivity index (χ2n) is 3.53. The van der Waals surface area contributed by atoms with Crippen LogP contribution in [0.25, 0.3) is 0 Å². The summed E-state index contributed by atoms with van der Waals surface area (Å²) in [5, 5.41) is 8.44. The van der Waals surface area contributed by atoms with Crippen LogP contribution < -0.4 is 5.73 Å². The molecule has 2 atom stereocenters. The molecule has 5 heteroatoms. The molecule has 0 aliphatic heterocycles. The van der Waals surface area contributed by atoms with Gasteiger partial charge in [0.25, 0.3) is 5.92 Å². The van der Waals surface area contributed by atoms with E-state index < -0.39 is 23.9 Å². The molecule has 0 aromatic rings. The smallest absolute Gasteiger partial charge is 0.320 e. The summed E-state index contributed by atoms with van der Waals surface area (Å²) in [7, 11) is 0. The second-order valence-corrected chi connectivity index (χ2v) is 3.53. The van der Waals surface area contributed by atoms with Gasteiger partial charge in [-0.25, -0.2) is 8.78 Å². The lowest BCUT2D eigenvalue weighted by molar-refractivity contribution is -0.139. The molecule has 1 fully saturated rings. The molecule has 1 rings (SSSR count). The number of rotatable bonds is 3. The van der Waals surface area contributed by atoms with Crippen molar-refractivity contribution in [2.75, 3.05) is 0 Å². The molecule has 0 aromatic heterocycles. The molecule has 1 aliphatic carbocycles. The summed E-state index contributed by atoms with van der Waals surface area (Å²) in [6, 6.07) is -1.16. The van der Waals surface area contributed by atoms with E-state index in [1.54, 1.807) is 0 Å². The SMILES string of the molecule is N[C@H](CC1CCCC1(F)F)C(=O)O. The zero-order valence-corrected chi connectivity index (χ0v) is 7.17. The lowest BCUT2D eigenvalue weighted by Crippen LogP contribution is -2.36. The Balaban J connectivity index is 2.49. The molecule has 1 unspecified atom stereocenters. The number of carbonyl (C=O) groups is 1. The molecule has 0 amide bonds. The van der Waals surface area contributed by atoms with Crippen molar-refractivity contribution >= 4 is 5.97 Å². The van der Waals surface area contributed by atoms with Crippen LogP contribution in [0.15, 0.2) is 0 Å². The van der Waals surface area contributed by atoms with Crippen LogP contribution in [0.2, 0.25) is 0 Å². The molecule has 0 spiro atoms. The third kappa shape index (κ3) is 2.37. The summed E-state index contributed by atoms with van der Waals surface area (Å²) >= 11 is 0. The van der Waals surface area contributed by atoms with Gasteiger partial charge in [-0.05, 0) is 19.3 Å². The third-order valence-electron chi connectivity index (χ3n) is 2.52. The molecule has 0 bridgehead atoms. The van der Waals surface area contributed by atoms with Gasteiger partial charge in [0.1, 0.15) is 6.04 Å². The number of nitrogens with two attached hydrogens (primary N) is 1. The lowest BCUT2D eigenvalue weighted by Gasteiger charge is -2.20. The zero-order valence-electron chi connectivity index (χ0n) is 7.17. The summed E-state index contributed by atoms with van der Waals surface area (Å²) in [5.74, 6) is -4.77. The first-order valence-corrected chi connectivity index (χ1v) is 4.29. The van der Waals surface area contributed by atoms with Crippen LogP contribution in [0.5, 0.6) is 0 Å². The number of alkyl halides is 2. The Kier molecular flexibility index (Phi) is 2.85. The van der Waals surface area contributed by atoms with E-state index in [0.29, 0.717) is 12.8 Å². The molecule has 76 valence electrons. The molecule has 0 saturated heterocycles. The molecule has 0 heterocycles. The van der Waals surface area contributed by atoms with Gasteiger partial charge in [-0.15, -0.1) is 0 Å². The minimum absolute atomic E-state index is 0.123. The van der Waals surface area contributed by atoms with Crippen LogP contribution in [-0.2, 0) is 4.79 Å². The van der Waals surface area contributed by atoms with Gasteiger partial charge in [0.2, 0.25) is 0 Å². The first kappa shape index (κ1) is 10.4. The maximum Gasteiger partial charge on any atom is 0.320 e. The van der Waals surface area contributed by atoms with Gasteiger partial charge in [0.15, 0.2) is 0 Å². The Morgan fingerprint density at radius 1 is 1.69 bits per heavy atom. The number of carboxylic acid groups (broad SMARTS) is 1. The van der Waals surface area contributed by atoms with Crippen molar-refractivity contribution in [3.8, 4) is 0 Å². The van der Waals surface area contributed by atoms with Gasteiger partial charge >= 0.3 is 5.97 Å². The summed E-state index contributed by atoms with van der Waals surface area (Å²) < 4.78 is 26.0. The lowest BCUT2D eigenvalue weighted by atomic mass is 9.96. The van der Waals surface area contributed by atoms with Crippen molar-refractivity contribution in [3.05, 3.63) is 0 Å². The highest BCUT2D eigenvalue weighted by atomic mass is 19.3. The van der Waals surface area contributed by atoms with Crippen LogP contribution in [-0.4, -0.2) is 23.0 Å². The number of hydrogen-bond acceptors (Lipinski definition) is 2. The Labute approximate surface area is 74.9 Å². The van der Waals surface area contributed by atoms with Gasteiger partial charge in [0.05, 0.1) is 0 Å². The van der Waals surface area contributed by atoms with E-state index in [4.69, 9.17) is 10.8 Å². The van der Waals surface area contributed by atoms with Crippen molar-refractivity contribution < 1.29 is 18.7 Å². The Morgan fingerprint density at radius 3 is 2.69 bits per heavy atom. The van der Waals surface area contributed by atoms with Gasteiger partial charge in [0, 0.05) is 12.3 Å². The molecule has 0 aromatic carbocycles. The monoisotopic (exact) mass is 193 g/mol. The van der Waals surface area contributed by atoms with E-state index >= 15 is 0 Å². The van der Waals surface area contributed by atoms with Crippen molar-refractivity contribution in [1.29, 1.82) is 0 Å². The molecule has 1 saturated carbocycles. The summed E-state index contributed by atoms with van der Waals surface area (Å²) in [4.78, 5) is 10.3. The number of hydrogen-bond donors (Lipinski definition) is 2. The highest BCUT2D eigenvalue weighted by Crippen LogP contribution is 2.42. The van der Waals surface area contributed by atoms with Gasteiger partial charge in [-0.3, -0.25) is 4.79 Å². The highest BCUT2D eigenvalue weighted by molar-refractivity contribution is 5.73. The van der Waals surface area contributed by atoms with Gasteiger partial charge < -0.3 is 10.8 Å². The number of aliphatic carboxylic acids is 1. The largest absolute Gasteiger partial charge is 0.480 e. The fourth-order valence-corrected chi connectivity index (χ4v) is 1.70. The highest BCUT2D eigenvalue weighted by Gasteiger charge is 2.44. The van der Waals surface area contributed by atoms with Crippen molar-refractivity contribution in [2.24, 2.45) is 11.7 Å². The van der Waals surface area contributed by atoms with E-state index in [2.05, 4.69) is 0 Å². The average Bonchev–Trinajstić information content (AvgIpc) is 2.30. The summed E-state index contributed by atoms with van der Waals surface area (Å²) in [6.07, 6.45) is 0.588. The molecule has 3 nitrogen and oxygen atoms in total. The predicted molar refractivity (Wildman–Crippen MR) is 42.5 cm³/mol. The normalized spacial score (nSPS) is 28.7. The molecule has 0 radical (unpaired) electrons. The van der Waals surface area contributed by atoms with Crippen LogP contribution in [0.3, 0.4) is 0 Å². The quantitative estimate of drug-likeness (QED) is 0.708. The zero-order chi connectivity index (χ0) is 10.1. The third-order valence-corrected chi connectivity index (χ3v) is 2.52. The first-order valence-electron chi connectivity index (χ1n) is 4.29. The van der Waals surface area contributed by atoms with Crippen molar-refractivity contribution in [1.82, 2.24) is 0 Å². The topological polar surface area (TPSA) is 63.3 Å². The average molecular weight is 193 g/mol. The molecular weight excluding hydrogens is 180 g/mol. The first-order chi connectivity index (χ1) is 5.93. The Hall–Kier alpha value is -0.710. The minimum Gasteiger partial charge on any atom is -0.480 e. The molecular formula is C8H13F2NO2. The second kappa shape index (κ2) is 3.57. The Morgan fingerprint density at radius 2 is 2.31 bits per heavy atom. The van der Waals surface area contributed by atoms with E-state index in [1.165, 1.54) is 0 Å². The molecule has 3 N–H and O–H groups in total. The summed E-state index contributed by atoms with van der Waals surface area (Å²) in [6.45, 7) is 0. The Bertz CT molecular complexity index is 208. The van der Waals surface area contributed by atoms with Crippen LogP contribution in [0.4, 0.5) is 8.78 Å². The number of carboxylic acids is 1. The van der Waals surface area contributed by atoms with Crippen LogP contribution >= 0.6 is 0 Å². The minimum atomic E-state index is -2.72. The predicted octanol–water partition coefficient (Wildman–Crippen LogP) is 1.22. The molecule has 13 heavy (non-hydrogen) atoms. The molecule has 1 aliphatic rings. The maximum absolute atomic E-state index is 13.0. The van der Waals surface area contributed by atoms with Gasteiger partial charge in [-0.2, -0.15) is 0 Å². The maximum atomic E-state index is 13.0. The summed E-state index contributed by atoms with van der Waals surface area (Å²) in [5.41, 5.74) is 5.18.